The van der Waals surface area contributed by atoms with Crippen molar-refractivity contribution in [2.75, 3.05) is 20.3 Å². The van der Waals surface area contributed by atoms with Crippen molar-refractivity contribution in [2.45, 2.75) is 13.5 Å². The van der Waals surface area contributed by atoms with Gasteiger partial charge in [0.15, 0.2) is 0 Å². The third kappa shape index (κ3) is 4.37. The van der Waals surface area contributed by atoms with Gasteiger partial charge in [0.05, 0.1) is 6.61 Å². The van der Waals surface area contributed by atoms with E-state index >= 15 is 0 Å². The molecule has 134 valence electrons. The number of aryl methyl sites for hydroxylation is 1. The molecule has 5 nitrogen and oxygen atoms in total. The van der Waals surface area contributed by atoms with Crippen LogP contribution in [0.15, 0.2) is 61.1 Å². The Hall–Kier alpha value is -2.92. The Balaban J connectivity index is 1.90. The van der Waals surface area contributed by atoms with Gasteiger partial charge in [-0.2, -0.15) is 0 Å². The van der Waals surface area contributed by atoms with E-state index in [2.05, 4.69) is 41.5 Å². The van der Waals surface area contributed by atoms with Crippen LogP contribution in [-0.4, -0.2) is 35.7 Å². The Morgan fingerprint density at radius 1 is 1.12 bits per heavy atom. The Kier molecular flexibility index (Phi) is 5.81. The fourth-order valence-corrected chi connectivity index (χ4v) is 2.78. The van der Waals surface area contributed by atoms with Gasteiger partial charge in [-0.25, -0.2) is 0 Å². The Morgan fingerprint density at radius 2 is 1.85 bits per heavy atom. The first-order valence-corrected chi connectivity index (χ1v) is 8.60. The highest BCUT2D eigenvalue weighted by atomic mass is 16.5. The predicted octanol–water partition coefficient (Wildman–Crippen LogP) is 3.28. The van der Waals surface area contributed by atoms with Crippen LogP contribution in [0.4, 0.5) is 0 Å². The average molecular weight is 349 g/mol. The standard InChI is InChI=1S/C21H23N3O2/c1-16-3-5-17(6-4-16)14-24-15-19(18-7-9-22-10-8-18)13-20(24)21(25)23-11-12-26-2/h3-10,13,15H,11-12,14H2,1-2H3,(H,23,25). The molecule has 1 N–H and O–H groups in total. The molecule has 0 radical (unpaired) electrons. The van der Waals surface area contributed by atoms with Crippen molar-refractivity contribution >= 4 is 5.91 Å². The molecule has 0 saturated carbocycles. The second-order valence-corrected chi connectivity index (χ2v) is 6.21. The summed E-state index contributed by atoms with van der Waals surface area (Å²) in [6.07, 6.45) is 5.52. The normalized spacial score (nSPS) is 10.7. The number of methoxy groups -OCH3 is 1. The molecule has 1 amide bonds. The summed E-state index contributed by atoms with van der Waals surface area (Å²) < 4.78 is 7.00. The van der Waals surface area contributed by atoms with E-state index in [0.717, 1.165) is 16.7 Å². The van der Waals surface area contributed by atoms with Gasteiger partial charge in [0.2, 0.25) is 0 Å². The van der Waals surface area contributed by atoms with Crippen LogP contribution in [-0.2, 0) is 11.3 Å². The number of carbonyl (C=O) groups is 1. The van der Waals surface area contributed by atoms with E-state index in [9.17, 15) is 4.79 Å². The molecule has 0 saturated heterocycles. The molecule has 1 aromatic carbocycles. The maximum absolute atomic E-state index is 12.6. The number of amides is 1. The summed E-state index contributed by atoms with van der Waals surface area (Å²) >= 11 is 0. The lowest BCUT2D eigenvalue weighted by molar-refractivity contribution is 0.0928. The molecule has 0 atom stereocenters. The number of pyridine rings is 1. The fraction of sp³-hybridized carbons (Fsp3) is 0.238. The first-order chi connectivity index (χ1) is 12.7. The molecule has 26 heavy (non-hydrogen) atoms. The van der Waals surface area contributed by atoms with Crippen molar-refractivity contribution in [3.8, 4) is 11.1 Å². The van der Waals surface area contributed by atoms with Gasteiger partial charge in [-0.3, -0.25) is 9.78 Å². The van der Waals surface area contributed by atoms with Crippen molar-refractivity contribution in [3.63, 3.8) is 0 Å². The van der Waals surface area contributed by atoms with E-state index in [4.69, 9.17) is 4.74 Å². The van der Waals surface area contributed by atoms with E-state index in [1.807, 2.05) is 29.0 Å². The van der Waals surface area contributed by atoms with Crippen LogP contribution in [0.2, 0.25) is 0 Å². The first kappa shape index (κ1) is 17.9. The number of hydrogen-bond acceptors (Lipinski definition) is 3. The molecule has 2 aromatic heterocycles. The van der Waals surface area contributed by atoms with Gasteiger partial charge in [-0.05, 0) is 36.2 Å². The highest BCUT2D eigenvalue weighted by Crippen LogP contribution is 2.22. The van der Waals surface area contributed by atoms with Gasteiger partial charge in [0.25, 0.3) is 5.91 Å². The molecule has 0 bridgehead atoms. The maximum atomic E-state index is 12.6. The minimum atomic E-state index is -0.102. The van der Waals surface area contributed by atoms with Gasteiger partial charge < -0.3 is 14.6 Å². The Labute approximate surface area is 153 Å². The van der Waals surface area contributed by atoms with Crippen LogP contribution in [0, 0.1) is 6.92 Å². The molecule has 0 fully saturated rings. The molecule has 5 heteroatoms. The molecule has 0 aliphatic heterocycles. The third-order valence-electron chi connectivity index (χ3n) is 4.21. The zero-order valence-corrected chi connectivity index (χ0v) is 15.1. The number of nitrogens with one attached hydrogen (secondary N) is 1. The summed E-state index contributed by atoms with van der Waals surface area (Å²) in [5, 5.41) is 2.90. The lowest BCUT2D eigenvalue weighted by Crippen LogP contribution is -2.28. The largest absolute Gasteiger partial charge is 0.383 e. The van der Waals surface area contributed by atoms with E-state index in [1.165, 1.54) is 5.56 Å². The minimum absolute atomic E-state index is 0.102. The van der Waals surface area contributed by atoms with Gasteiger partial charge in [-0.1, -0.05) is 29.8 Å². The molecule has 0 spiro atoms. The molecule has 0 aliphatic rings. The monoisotopic (exact) mass is 349 g/mol. The second-order valence-electron chi connectivity index (χ2n) is 6.21. The summed E-state index contributed by atoms with van der Waals surface area (Å²) in [6, 6.07) is 14.2. The zero-order chi connectivity index (χ0) is 18.4. The Bertz CT molecular complexity index is 855. The van der Waals surface area contributed by atoms with Gasteiger partial charge in [0, 0.05) is 44.4 Å². The molecular weight excluding hydrogens is 326 g/mol. The number of benzene rings is 1. The van der Waals surface area contributed by atoms with Crippen molar-refractivity contribution in [3.05, 3.63) is 77.9 Å². The van der Waals surface area contributed by atoms with E-state index in [0.29, 0.717) is 25.4 Å². The highest BCUT2D eigenvalue weighted by Gasteiger charge is 2.15. The van der Waals surface area contributed by atoms with E-state index in [1.54, 1.807) is 19.5 Å². The van der Waals surface area contributed by atoms with Crippen LogP contribution in [0.25, 0.3) is 11.1 Å². The maximum Gasteiger partial charge on any atom is 0.268 e. The highest BCUT2D eigenvalue weighted by molar-refractivity contribution is 5.94. The van der Waals surface area contributed by atoms with Crippen molar-refractivity contribution in [2.24, 2.45) is 0 Å². The van der Waals surface area contributed by atoms with Crippen LogP contribution >= 0.6 is 0 Å². The van der Waals surface area contributed by atoms with Crippen molar-refractivity contribution in [1.29, 1.82) is 0 Å². The molecular formula is C21H23N3O2. The van der Waals surface area contributed by atoms with Gasteiger partial charge >= 0.3 is 0 Å². The summed E-state index contributed by atoms with van der Waals surface area (Å²) in [7, 11) is 1.62. The third-order valence-corrected chi connectivity index (χ3v) is 4.21. The zero-order valence-electron chi connectivity index (χ0n) is 15.1. The topological polar surface area (TPSA) is 56.1 Å². The number of rotatable bonds is 7. The van der Waals surface area contributed by atoms with Crippen LogP contribution in [0.5, 0.6) is 0 Å². The number of aromatic nitrogens is 2. The van der Waals surface area contributed by atoms with Crippen molar-refractivity contribution < 1.29 is 9.53 Å². The van der Waals surface area contributed by atoms with E-state index in [-0.39, 0.29) is 5.91 Å². The minimum Gasteiger partial charge on any atom is -0.383 e. The molecule has 0 aliphatic carbocycles. The van der Waals surface area contributed by atoms with Crippen LogP contribution < -0.4 is 5.32 Å². The van der Waals surface area contributed by atoms with Gasteiger partial charge in [0.1, 0.15) is 5.69 Å². The molecule has 2 heterocycles. The Morgan fingerprint density at radius 3 is 2.54 bits per heavy atom. The summed E-state index contributed by atoms with van der Waals surface area (Å²) in [5.74, 6) is -0.102. The van der Waals surface area contributed by atoms with E-state index < -0.39 is 0 Å². The smallest absolute Gasteiger partial charge is 0.268 e. The molecule has 3 rings (SSSR count). The second kappa shape index (κ2) is 8.45. The van der Waals surface area contributed by atoms with Crippen molar-refractivity contribution in [1.82, 2.24) is 14.9 Å². The fourth-order valence-electron chi connectivity index (χ4n) is 2.78. The lowest BCUT2D eigenvalue weighted by atomic mass is 10.1. The van der Waals surface area contributed by atoms with Crippen LogP contribution in [0.3, 0.4) is 0 Å². The predicted molar refractivity (Wildman–Crippen MR) is 102 cm³/mol. The molecule has 0 unspecified atom stereocenters. The first-order valence-electron chi connectivity index (χ1n) is 8.60. The SMILES string of the molecule is COCCNC(=O)c1cc(-c2ccncc2)cn1Cc1ccc(C)cc1. The number of ether oxygens (including phenoxy) is 1. The lowest BCUT2D eigenvalue weighted by Gasteiger charge is -2.10. The number of hydrogen-bond donors (Lipinski definition) is 1. The quantitative estimate of drug-likeness (QED) is 0.666. The molecule has 3 aromatic rings. The number of nitrogens with zero attached hydrogens (tertiary/aromatic N) is 2. The summed E-state index contributed by atoms with van der Waals surface area (Å²) in [5.41, 5.74) is 5.04. The number of carbonyl (C=O) groups excluding carboxylic acids is 1. The summed E-state index contributed by atoms with van der Waals surface area (Å²) in [6.45, 7) is 3.67. The summed E-state index contributed by atoms with van der Waals surface area (Å²) in [4.78, 5) is 16.7. The average Bonchev–Trinajstić information content (AvgIpc) is 3.08. The van der Waals surface area contributed by atoms with Crippen LogP contribution in [0.1, 0.15) is 21.6 Å². The van der Waals surface area contributed by atoms with Gasteiger partial charge in [-0.15, -0.1) is 0 Å².